The van der Waals surface area contributed by atoms with Crippen LogP contribution in [0.15, 0.2) is 27.4 Å². The number of hydrogen-bond acceptors (Lipinski definition) is 4. The van der Waals surface area contributed by atoms with Gasteiger partial charge in [0, 0.05) is 25.8 Å². The van der Waals surface area contributed by atoms with Crippen LogP contribution in [0.4, 0.5) is 5.82 Å². The lowest BCUT2D eigenvalue weighted by molar-refractivity contribution is 0.723. The topological polar surface area (TPSA) is 28.2 Å². The van der Waals surface area contributed by atoms with E-state index in [-0.39, 0.29) is 0 Å². The zero-order chi connectivity index (χ0) is 15.2. The van der Waals surface area contributed by atoms with E-state index in [0.717, 1.165) is 37.6 Å². The lowest BCUT2D eigenvalue weighted by Crippen LogP contribution is -2.19. The van der Waals surface area contributed by atoms with E-state index in [4.69, 9.17) is 4.98 Å². The number of pyridine rings is 1. The molecule has 0 aliphatic rings. The van der Waals surface area contributed by atoms with E-state index in [1.807, 2.05) is 0 Å². The highest BCUT2D eigenvalue weighted by Crippen LogP contribution is 2.23. The quantitative estimate of drug-likeness (QED) is 0.793. The molecule has 0 aromatic carbocycles. The summed E-state index contributed by atoms with van der Waals surface area (Å²) in [6.45, 7) is 7.04. The van der Waals surface area contributed by atoms with Crippen molar-refractivity contribution in [3.05, 3.63) is 44.2 Å². The van der Waals surface area contributed by atoms with Gasteiger partial charge in [0.2, 0.25) is 0 Å². The van der Waals surface area contributed by atoms with Gasteiger partial charge in [0.1, 0.15) is 5.82 Å². The smallest absolute Gasteiger partial charge is 0.129 e. The zero-order valence-corrected chi connectivity index (χ0v) is 15.2. The summed E-state index contributed by atoms with van der Waals surface area (Å²) in [7, 11) is 2.10. The minimum atomic E-state index is 0.878. The van der Waals surface area contributed by atoms with Crippen molar-refractivity contribution in [3.63, 3.8) is 0 Å². The maximum absolute atomic E-state index is 4.75. The Morgan fingerprint density at radius 2 is 2.05 bits per heavy atom. The van der Waals surface area contributed by atoms with Crippen LogP contribution < -0.4 is 10.2 Å². The fourth-order valence-electron chi connectivity index (χ4n) is 2.16. The predicted molar refractivity (Wildman–Crippen MR) is 95.1 cm³/mol. The molecule has 0 aliphatic carbocycles. The Balaban J connectivity index is 2.16. The summed E-state index contributed by atoms with van der Waals surface area (Å²) < 4.78 is 1.18. The first-order chi connectivity index (χ1) is 10.1. The molecular formula is C16H22BrN3S. The van der Waals surface area contributed by atoms with E-state index in [1.54, 1.807) is 11.3 Å². The van der Waals surface area contributed by atoms with Crippen LogP contribution in [0.1, 0.15) is 30.7 Å². The molecule has 0 fully saturated rings. The van der Waals surface area contributed by atoms with Crippen molar-refractivity contribution < 1.29 is 0 Å². The number of thiophene rings is 1. The van der Waals surface area contributed by atoms with Gasteiger partial charge in [0.05, 0.1) is 3.79 Å². The number of aryl methyl sites for hydroxylation is 1. The molecule has 2 aromatic heterocycles. The van der Waals surface area contributed by atoms with Gasteiger partial charge in [0.25, 0.3) is 0 Å². The van der Waals surface area contributed by atoms with Gasteiger partial charge in [-0.2, -0.15) is 0 Å². The highest BCUT2D eigenvalue weighted by atomic mass is 79.9. The fraction of sp³-hybridized carbons (Fsp3) is 0.438. The second-order valence-corrected chi connectivity index (χ2v) is 7.36. The molecule has 0 atom stereocenters. The Morgan fingerprint density at radius 1 is 1.24 bits per heavy atom. The van der Waals surface area contributed by atoms with Crippen LogP contribution in [0.2, 0.25) is 0 Å². The van der Waals surface area contributed by atoms with Crippen LogP contribution in [0.25, 0.3) is 0 Å². The van der Waals surface area contributed by atoms with E-state index in [0.29, 0.717) is 0 Å². The summed E-state index contributed by atoms with van der Waals surface area (Å²) in [6.07, 6.45) is 0.963. The summed E-state index contributed by atoms with van der Waals surface area (Å²) in [6, 6.07) is 6.55. The minimum absolute atomic E-state index is 0.878. The third kappa shape index (κ3) is 4.80. The molecule has 0 amide bonds. The summed E-state index contributed by atoms with van der Waals surface area (Å²) in [5.41, 5.74) is 3.77. The number of anilines is 1. The molecule has 0 bridgehead atoms. The van der Waals surface area contributed by atoms with E-state index in [9.17, 15) is 0 Å². The van der Waals surface area contributed by atoms with Gasteiger partial charge in [-0.25, -0.2) is 4.98 Å². The number of rotatable bonds is 7. The van der Waals surface area contributed by atoms with Gasteiger partial charge >= 0.3 is 0 Å². The lowest BCUT2D eigenvalue weighted by atomic mass is 10.2. The van der Waals surface area contributed by atoms with Gasteiger partial charge in [-0.1, -0.05) is 13.8 Å². The average molecular weight is 368 g/mol. The molecule has 0 saturated heterocycles. The molecule has 5 heteroatoms. The van der Waals surface area contributed by atoms with Crippen molar-refractivity contribution in [3.8, 4) is 0 Å². The van der Waals surface area contributed by atoms with Crippen LogP contribution in [-0.2, 0) is 19.5 Å². The molecule has 0 unspecified atom stereocenters. The maximum Gasteiger partial charge on any atom is 0.129 e. The van der Waals surface area contributed by atoms with Crippen LogP contribution >= 0.6 is 27.3 Å². The Morgan fingerprint density at radius 3 is 2.67 bits per heavy atom. The minimum Gasteiger partial charge on any atom is -0.355 e. The van der Waals surface area contributed by atoms with E-state index >= 15 is 0 Å². The molecule has 2 aromatic rings. The number of aromatic nitrogens is 1. The number of hydrogen-bond donors (Lipinski definition) is 1. The SMILES string of the molecule is CCNCc1cc(CC)nc(N(C)Cc2csc(Br)c2)c1. The standard InChI is InChI=1S/C16H22BrN3S/c1-4-14-6-12(9-18-5-2)8-16(19-14)20(3)10-13-7-15(17)21-11-13/h6-8,11,18H,4-5,9-10H2,1-3H3. The first-order valence-corrected chi connectivity index (χ1v) is 8.94. The molecule has 2 rings (SSSR count). The van der Waals surface area contributed by atoms with E-state index in [1.165, 1.54) is 14.9 Å². The maximum atomic E-state index is 4.75. The van der Waals surface area contributed by atoms with Gasteiger partial charge in [-0.05, 0) is 63.6 Å². The molecule has 21 heavy (non-hydrogen) atoms. The van der Waals surface area contributed by atoms with Crippen molar-refractivity contribution in [2.45, 2.75) is 33.4 Å². The second kappa shape index (κ2) is 7.92. The van der Waals surface area contributed by atoms with E-state index < -0.39 is 0 Å². The molecule has 1 N–H and O–H groups in total. The molecule has 3 nitrogen and oxygen atoms in total. The molecule has 0 radical (unpaired) electrons. The molecule has 0 aliphatic heterocycles. The van der Waals surface area contributed by atoms with Crippen LogP contribution in [0.5, 0.6) is 0 Å². The fourth-order valence-corrected chi connectivity index (χ4v) is 3.37. The van der Waals surface area contributed by atoms with Gasteiger partial charge in [-0.15, -0.1) is 11.3 Å². The van der Waals surface area contributed by atoms with E-state index in [2.05, 4.69) is 70.6 Å². The van der Waals surface area contributed by atoms with Crippen LogP contribution in [0, 0.1) is 0 Å². The Labute approximate surface area is 139 Å². The van der Waals surface area contributed by atoms with Gasteiger partial charge < -0.3 is 10.2 Å². The predicted octanol–water partition coefficient (Wildman–Crippen LogP) is 4.21. The van der Waals surface area contributed by atoms with Crippen molar-refractivity contribution in [1.29, 1.82) is 0 Å². The van der Waals surface area contributed by atoms with Crippen molar-refractivity contribution in [2.24, 2.45) is 0 Å². The summed E-state index contributed by atoms with van der Waals surface area (Å²) in [5, 5.41) is 5.57. The monoisotopic (exact) mass is 367 g/mol. The third-order valence-corrected chi connectivity index (χ3v) is 4.85. The van der Waals surface area contributed by atoms with Crippen molar-refractivity contribution in [1.82, 2.24) is 10.3 Å². The summed E-state index contributed by atoms with van der Waals surface area (Å²) >= 11 is 5.24. The number of nitrogens with one attached hydrogen (secondary N) is 1. The third-order valence-electron chi connectivity index (χ3n) is 3.30. The summed E-state index contributed by atoms with van der Waals surface area (Å²) in [4.78, 5) is 6.96. The molecule has 0 saturated carbocycles. The molecule has 114 valence electrons. The van der Waals surface area contributed by atoms with Gasteiger partial charge in [0.15, 0.2) is 0 Å². The first kappa shape index (κ1) is 16.5. The van der Waals surface area contributed by atoms with Crippen LogP contribution in [-0.4, -0.2) is 18.6 Å². The van der Waals surface area contributed by atoms with Crippen molar-refractivity contribution in [2.75, 3.05) is 18.5 Å². The normalized spacial score (nSPS) is 10.9. The molecular weight excluding hydrogens is 346 g/mol. The number of halogens is 1. The highest BCUT2D eigenvalue weighted by Gasteiger charge is 2.08. The zero-order valence-electron chi connectivity index (χ0n) is 12.8. The largest absolute Gasteiger partial charge is 0.355 e. The second-order valence-electron chi connectivity index (χ2n) is 5.07. The lowest BCUT2D eigenvalue weighted by Gasteiger charge is -2.19. The van der Waals surface area contributed by atoms with Crippen molar-refractivity contribution >= 4 is 33.1 Å². The van der Waals surface area contributed by atoms with Gasteiger partial charge in [-0.3, -0.25) is 0 Å². The Hall–Kier alpha value is -0.910. The summed E-state index contributed by atoms with van der Waals surface area (Å²) in [5.74, 6) is 1.05. The number of nitrogens with zero attached hydrogens (tertiary/aromatic N) is 2. The first-order valence-electron chi connectivity index (χ1n) is 7.27. The average Bonchev–Trinajstić information content (AvgIpc) is 2.89. The Kier molecular flexibility index (Phi) is 6.21. The van der Waals surface area contributed by atoms with Crippen LogP contribution in [0.3, 0.4) is 0 Å². The molecule has 2 heterocycles. The highest BCUT2D eigenvalue weighted by molar-refractivity contribution is 9.11. The molecule has 0 spiro atoms. The Bertz CT molecular complexity index is 583.